The van der Waals surface area contributed by atoms with Crippen molar-refractivity contribution in [1.29, 1.82) is 0 Å². The summed E-state index contributed by atoms with van der Waals surface area (Å²) in [6.45, 7) is 1.58. The lowest BCUT2D eigenvalue weighted by Gasteiger charge is -2.30. The van der Waals surface area contributed by atoms with Crippen LogP contribution in [0.25, 0.3) is 22.8 Å². The van der Waals surface area contributed by atoms with Gasteiger partial charge in [0.2, 0.25) is 16.0 Å². The summed E-state index contributed by atoms with van der Waals surface area (Å²) in [5, 5.41) is 7.35. The van der Waals surface area contributed by atoms with E-state index in [4.69, 9.17) is 9.26 Å². The number of rotatable bonds is 7. The molecule has 0 bridgehead atoms. The maximum absolute atomic E-state index is 12.1. The molecule has 1 amide bonds. The zero-order valence-electron chi connectivity index (χ0n) is 20.0. The molecule has 190 valence electrons. The molecule has 3 aromatic heterocycles. The van der Waals surface area contributed by atoms with E-state index in [9.17, 15) is 13.2 Å². The molecule has 5 rings (SSSR count). The lowest BCUT2D eigenvalue weighted by Crippen LogP contribution is -2.42. The lowest BCUT2D eigenvalue weighted by atomic mass is 10.1. The predicted molar refractivity (Wildman–Crippen MR) is 130 cm³/mol. The summed E-state index contributed by atoms with van der Waals surface area (Å²) >= 11 is 0. The monoisotopic (exact) mass is 513 g/mol. The average Bonchev–Trinajstić information content (AvgIpc) is 3.46. The minimum Gasteiger partial charge on any atom is -0.450 e. The van der Waals surface area contributed by atoms with Crippen LogP contribution in [0, 0.1) is 0 Å². The maximum atomic E-state index is 12.1. The molecule has 0 unspecified atom stereocenters. The van der Waals surface area contributed by atoms with Crippen molar-refractivity contribution in [3.63, 3.8) is 0 Å². The van der Waals surface area contributed by atoms with Gasteiger partial charge >= 0.3 is 5.95 Å². The highest BCUT2D eigenvalue weighted by Crippen LogP contribution is 2.26. The van der Waals surface area contributed by atoms with Gasteiger partial charge in [0.05, 0.1) is 29.4 Å². The molecule has 1 atom stereocenters. The number of nitrogens with zero attached hydrogens (tertiary/aromatic N) is 6. The van der Waals surface area contributed by atoms with Gasteiger partial charge in [-0.2, -0.15) is 0 Å². The van der Waals surface area contributed by atoms with Crippen molar-refractivity contribution in [2.24, 2.45) is 0 Å². The zero-order valence-corrected chi connectivity index (χ0v) is 20.8. The molecule has 0 aromatic carbocycles. The number of likely N-dealkylation sites (tertiary alicyclic amines) is 1. The fourth-order valence-electron chi connectivity index (χ4n) is 4.28. The minimum atomic E-state index is -3.17. The first-order valence-electron chi connectivity index (χ1n) is 11.7. The highest BCUT2D eigenvalue weighted by atomic mass is 32.2. The van der Waals surface area contributed by atoms with E-state index in [2.05, 4.69) is 25.4 Å². The number of carbonyl (C=O) groups is 1. The number of amides is 1. The maximum Gasteiger partial charge on any atom is 0.312 e. The Morgan fingerprint density at radius 2 is 1.75 bits per heavy atom. The summed E-state index contributed by atoms with van der Waals surface area (Å²) in [7, 11) is -1.43. The van der Waals surface area contributed by atoms with Crippen molar-refractivity contribution < 1.29 is 22.5 Å². The number of carbonyl (C=O) groups excluding carboxylic acids is 1. The van der Waals surface area contributed by atoms with Crippen LogP contribution in [0.1, 0.15) is 19.3 Å². The number of anilines is 1. The van der Waals surface area contributed by atoms with Crippen LogP contribution in [0.15, 0.2) is 41.1 Å². The van der Waals surface area contributed by atoms with Gasteiger partial charge in [-0.3, -0.25) is 4.79 Å². The Balaban J connectivity index is 1.26. The van der Waals surface area contributed by atoms with Crippen LogP contribution in [-0.2, 0) is 14.8 Å². The summed E-state index contributed by atoms with van der Waals surface area (Å²) in [5.74, 6) is 0.546. The largest absolute Gasteiger partial charge is 0.450 e. The quantitative estimate of drug-likeness (QED) is 0.495. The number of nitrogens with one attached hydrogen (secondary N) is 1. The molecule has 13 heteroatoms. The molecule has 0 saturated carbocycles. The van der Waals surface area contributed by atoms with Crippen molar-refractivity contribution in [3.8, 4) is 28.7 Å². The number of ether oxygens (including phenoxy) is 1. The molecule has 2 aliphatic rings. The molecular formula is C23H27N7O5S. The van der Waals surface area contributed by atoms with Crippen LogP contribution in [0.3, 0.4) is 0 Å². The Labute approximate surface area is 208 Å². The van der Waals surface area contributed by atoms with Gasteiger partial charge in [0.25, 0.3) is 5.91 Å². The van der Waals surface area contributed by atoms with Crippen molar-refractivity contribution in [1.82, 2.24) is 29.3 Å². The second-order valence-corrected chi connectivity index (χ2v) is 10.9. The molecule has 12 nitrogen and oxygen atoms in total. The van der Waals surface area contributed by atoms with E-state index in [1.807, 2.05) is 12.1 Å². The lowest BCUT2D eigenvalue weighted by molar-refractivity contribution is -0.132. The highest BCUT2D eigenvalue weighted by Gasteiger charge is 2.32. The third-order valence-corrected chi connectivity index (χ3v) is 7.61. The molecule has 36 heavy (non-hydrogen) atoms. The zero-order chi connectivity index (χ0) is 25.3. The van der Waals surface area contributed by atoms with Crippen LogP contribution in [0.4, 0.5) is 5.95 Å². The Morgan fingerprint density at radius 1 is 1.03 bits per heavy atom. The van der Waals surface area contributed by atoms with E-state index in [1.54, 1.807) is 36.3 Å². The number of piperidine rings is 1. The van der Waals surface area contributed by atoms with E-state index >= 15 is 0 Å². The summed E-state index contributed by atoms with van der Waals surface area (Å²) in [6, 6.07) is 8.95. The third kappa shape index (κ3) is 5.31. The molecule has 2 aliphatic heterocycles. The molecule has 0 aliphatic carbocycles. The molecule has 3 aromatic rings. The molecular weight excluding hydrogens is 486 g/mol. The van der Waals surface area contributed by atoms with Crippen LogP contribution >= 0.6 is 0 Å². The minimum absolute atomic E-state index is 0.0811. The Bertz CT molecular complexity index is 1350. The van der Waals surface area contributed by atoms with E-state index in [0.29, 0.717) is 67.6 Å². The Morgan fingerprint density at radius 3 is 2.44 bits per heavy atom. The second kappa shape index (κ2) is 9.82. The third-order valence-electron chi connectivity index (χ3n) is 6.31. The van der Waals surface area contributed by atoms with Gasteiger partial charge < -0.3 is 19.5 Å². The van der Waals surface area contributed by atoms with E-state index in [-0.39, 0.29) is 17.9 Å². The fraction of sp³-hybridized carbons (Fsp3) is 0.435. The topological polar surface area (TPSA) is 144 Å². The SMILES string of the molecule is CN1CC[C@H](Oc2cc(-c3cccc(-c4ccnc(NC5CCN(S(C)(=O)=O)CC5)n4)n3)no2)C1=O. The van der Waals surface area contributed by atoms with Crippen LogP contribution in [-0.4, -0.2) is 88.7 Å². The normalized spacial score (nSPS) is 19.6. The first kappa shape index (κ1) is 24.1. The second-order valence-electron chi connectivity index (χ2n) is 8.94. The molecule has 2 saturated heterocycles. The molecule has 0 radical (unpaired) electrons. The van der Waals surface area contributed by atoms with Gasteiger partial charge in [-0.15, -0.1) is 0 Å². The van der Waals surface area contributed by atoms with Crippen LogP contribution < -0.4 is 10.1 Å². The van der Waals surface area contributed by atoms with Crippen molar-refractivity contribution >= 4 is 21.9 Å². The summed E-state index contributed by atoms with van der Waals surface area (Å²) in [6.07, 6.45) is 4.26. The average molecular weight is 514 g/mol. The number of hydrogen-bond acceptors (Lipinski definition) is 10. The fourth-order valence-corrected chi connectivity index (χ4v) is 5.15. The Hall–Kier alpha value is -3.58. The van der Waals surface area contributed by atoms with Gasteiger partial charge in [0.15, 0.2) is 6.10 Å². The first-order chi connectivity index (χ1) is 17.3. The molecule has 5 heterocycles. The van der Waals surface area contributed by atoms with Crippen molar-refractivity contribution in [3.05, 3.63) is 36.5 Å². The summed E-state index contributed by atoms with van der Waals surface area (Å²) in [5.41, 5.74) is 2.31. The smallest absolute Gasteiger partial charge is 0.312 e. The number of sulfonamides is 1. The van der Waals surface area contributed by atoms with Gasteiger partial charge in [-0.1, -0.05) is 11.2 Å². The molecule has 2 fully saturated rings. The number of likely N-dealkylation sites (N-methyl/N-ethyl adjacent to an activating group) is 1. The first-order valence-corrected chi connectivity index (χ1v) is 13.5. The summed E-state index contributed by atoms with van der Waals surface area (Å²) < 4.78 is 35.9. The Kier molecular flexibility index (Phi) is 6.58. The highest BCUT2D eigenvalue weighted by molar-refractivity contribution is 7.88. The summed E-state index contributed by atoms with van der Waals surface area (Å²) in [4.78, 5) is 27.3. The van der Waals surface area contributed by atoms with Gasteiger partial charge in [0, 0.05) is 45.3 Å². The molecule has 1 N–H and O–H groups in total. The predicted octanol–water partition coefficient (Wildman–Crippen LogP) is 1.64. The van der Waals surface area contributed by atoms with Gasteiger partial charge in [0.1, 0.15) is 5.69 Å². The van der Waals surface area contributed by atoms with Crippen LogP contribution in [0.5, 0.6) is 5.95 Å². The van der Waals surface area contributed by atoms with Crippen LogP contribution in [0.2, 0.25) is 0 Å². The molecule has 0 spiro atoms. The van der Waals surface area contributed by atoms with Crippen molar-refractivity contribution in [2.45, 2.75) is 31.4 Å². The van der Waals surface area contributed by atoms with E-state index in [1.165, 1.54) is 10.6 Å². The van der Waals surface area contributed by atoms with Gasteiger partial charge in [-0.25, -0.2) is 27.7 Å². The van der Waals surface area contributed by atoms with Gasteiger partial charge in [-0.05, 0) is 31.0 Å². The number of pyridine rings is 1. The standard InChI is InChI=1S/C23H27N7O5S/c1-29-11-9-20(22(29)31)34-21-14-19(28-35-21)17-5-3-4-16(26-17)18-6-10-24-23(27-18)25-15-7-12-30(13-8-15)36(2,32)33/h3-6,10,14-15,20H,7-9,11-13H2,1-2H3,(H,24,25,27)/t20-/m0/s1. The number of aromatic nitrogens is 4. The number of hydrogen-bond donors (Lipinski definition) is 1. The van der Waals surface area contributed by atoms with Crippen molar-refractivity contribution in [2.75, 3.05) is 38.3 Å². The van der Waals surface area contributed by atoms with E-state index < -0.39 is 16.1 Å². The van der Waals surface area contributed by atoms with E-state index in [0.717, 1.165) is 0 Å².